The van der Waals surface area contributed by atoms with Crippen molar-refractivity contribution in [2.45, 2.75) is 44.6 Å². The smallest absolute Gasteiger partial charge is 0.387 e. The first kappa shape index (κ1) is 22.8. The number of alkyl halides is 2. The summed E-state index contributed by atoms with van der Waals surface area (Å²) in [6.07, 6.45) is 5.47. The number of ether oxygens (including phenoxy) is 1. The van der Waals surface area contributed by atoms with Crippen LogP contribution in [0.25, 0.3) is 22.4 Å². The minimum Gasteiger partial charge on any atom is -0.434 e. The molecule has 8 nitrogen and oxygen atoms in total. The molecule has 1 aliphatic heterocycles. The number of rotatable bonds is 5. The molecule has 10 heteroatoms. The number of hydrogen-bond donors (Lipinski definition) is 1. The standard InChI is InChI=1S/C24H30F2N6O2/c1-30-10-12-32(13-11-30)16-8-9-17(18(14-16)34-24(25)26)21-27-22-19(23(33)28-21)20(29-31(22)2)15-6-4-3-5-7-15/h8-9,14-15,24H,3-7,10-13H2,1-2H3,(H,27,28,33). The Morgan fingerprint density at radius 2 is 1.82 bits per heavy atom. The van der Waals surface area contributed by atoms with E-state index in [0.29, 0.717) is 16.6 Å². The summed E-state index contributed by atoms with van der Waals surface area (Å²) in [5.74, 6) is 0.423. The second kappa shape index (κ2) is 9.32. The molecule has 1 aromatic carbocycles. The van der Waals surface area contributed by atoms with E-state index in [4.69, 9.17) is 4.74 Å². The lowest BCUT2D eigenvalue weighted by molar-refractivity contribution is -0.0494. The molecule has 1 saturated carbocycles. The molecule has 5 rings (SSSR count). The maximum absolute atomic E-state index is 13.3. The van der Waals surface area contributed by atoms with Crippen molar-refractivity contribution in [2.24, 2.45) is 7.05 Å². The number of aromatic amines is 1. The Kier molecular flexibility index (Phi) is 6.24. The lowest BCUT2D eigenvalue weighted by Gasteiger charge is -2.34. The summed E-state index contributed by atoms with van der Waals surface area (Å²) < 4.78 is 33.1. The lowest BCUT2D eigenvalue weighted by atomic mass is 9.86. The van der Waals surface area contributed by atoms with Crippen LogP contribution in [0.2, 0.25) is 0 Å². The summed E-state index contributed by atoms with van der Waals surface area (Å²) in [4.78, 5) is 25.0. The van der Waals surface area contributed by atoms with Crippen LogP contribution in [-0.4, -0.2) is 64.5 Å². The zero-order chi connectivity index (χ0) is 23.8. The van der Waals surface area contributed by atoms with Crippen LogP contribution in [0, 0.1) is 0 Å². The molecule has 34 heavy (non-hydrogen) atoms. The van der Waals surface area contributed by atoms with Gasteiger partial charge in [0.05, 0.1) is 11.3 Å². The van der Waals surface area contributed by atoms with E-state index in [1.165, 1.54) is 6.42 Å². The van der Waals surface area contributed by atoms with Crippen molar-refractivity contribution in [3.63, 3.8) is 0 Å². The molecule has 1 saturated heterocycles. The van der Waals surface area contributed by atoms with Crippen molar-refractivity contribution < 1.29 is 13.5 Å². The number of aryl methyl sites for hydroxylation is 1. The highest BCUT2D eigenvalue weighted by Crippen LogP contribution is 2.36. The Morgan fingerprint density at radius 1 is 1.09 bits per heavy atom. The minimum atomic E-state index is -2.99. The largest absolute Gasteiger partial charge is 0.434 e. The molecule has 182 valence electrons. The van der Waals surface area contributed by atoms with Gasteiger partial charge in [0.25, 0.3) is 5.56 Å². The molecule has 0 radical (unpaired) electrons. The molecule has 0 amide bonds. The molecular weight excluding hydrogens is 442 g/mol. The van der Waals surface area contributed by atoms with Crippen LogP contribution in [-0.2, 0) is 7.05 Å². The van der Waals surface area contributed by atoms with Gasteiger partial charge in [-0.15, -0.1) is 0 Å². The molecule has 0 atom stereocenters. The quantitative estimate of drug-likeness (QED) is 0.610. The maximum atomic E-state index is 13.3. The highest BCUT2D eigenvalue weighted by atomic mass is 19.3. The van der Waals surface area contributed by atoms with Gasteiger partial charge in [-0.2, -0.15) is 13.9 Å². The van der Waals surface area contributed by atoms with Crippen LogP contribution >= 0.6 is 0 Å². The van der Waals surface area contributed by atoms with E-state index in [2.05, 4.69) is 31.9 Å². The third kappa shape index (κ3) is 4.38. The Bertz CT molecular complexity index is 1230. The van der Waals surface area contributed by atoms with Gasteiger partial charge in [-0.3, -0.25) is 4.79 Å². The fourth-order valence-corrected chi connectivity index (χ4v) is 5.14. The summed E-state index contributed by atoms with van der Waals surface area (Å²) in [5.41, 5.74) is 2.05. The molecule has 1 N–H and O–H groups in total. The van der Waals surface area contributed by atoms with Crippen LogP contribution in [0.15, 0.2) is 23.0 Å². The monoisotopic (exact) mass is 472 g/mol. The lowest BCUT2D eigenvalue weighted by Crippen LogP contribution is -2.44. The molecule has 2 fully saturated rings. The summed E-state index contributed by atoms with van der Waals surface area (Å²) in [6.45, 7) is 0.379. The van der Waals surface area contributed by atoms with Gasteiger partial charge >= 0.3 is 6.61 Å². The molecule has 0 spiro atoms. The molecule has 0 unspecified atom stereocenters. The number of fused-ring (bicyclic) bond motifs is 1. The van der Waals surface area contributed by atoms with Gasteiger partial charge in [0.1, 0.15) is 17.0 Å². The number of piperazine rings is 1. The van der Waals surface area contributed by atoms with E-state index >= 15 is 0 Å². The van der Waals surface area contributed by atoms with Crippen LogP contribution in [0.1, 0.15) is 43.7 Å². The van der Waals surface area contributed by atoms with Crippen LogP contribution in [0.4, 0.5) is 14.5 Å². The van der Waals surface area contributed by atoms with Crippen molar-refractivity contribution in [1.82, 2.24) is 24.6 Å². The first-order valence-corrected chi connectivity index (χ1v) is 11.9. The number of nitrogens with one attached hydrogen (secondary N) is 1. The number of halogens is 2. The second-order valence-electron chi connectivity index (χ2n) is 9.31. The predicted octanol–water partition coefficient (Wildman–Crippen LogP) is 3.72. The number of aromatic nitrogens is 4. The SMILES string of the molecule is CN1CCN(c2ccc(-c3nc4c(c(C5CCCCC5)nn4C)c(=O)[nH]3)c(OC(F)F)c2)CC1. The summed E-state index contributed by atoms with van der Waals surface area (Å²) in [7, 11) is 3.82. The third-order valence-electron chi connectivity index (χ3n) is 7.02. The fraction of sp³-hybridized carbons (Fsp3) is 0.542. The van der Waals surface area contributed by atoms with Gasteiger partial charge in [0, 0.05) is 50.9 Å². The third-order valence-corrected chi connectivity index (χ3v) is 7.02. The van der Waals surface area contributed by atoms with Crippen LogP contribution in [0.5, 0.6) is 5.75 Å². The van der Waals surface area contributed by atoms with E-state index in [0.717, 1.165) is 63.2 Å². The minimum absolute atomic E-state index is 0.0106. The highest BCUT2D eigenvalue weighted by Gasteiger charge is 2.26. The van der Waals surface area contributed by atoms with Crippen molar-refractivity contribution in [2.75, 3.05) is 38.1 Å². The van der Waals surface area contributed by atoms with Crippen molar-refractivity contribution in [3.05, 3.63) is 34.2 Å². The van der Waals surface area contributed by atoms with E-state index < -0.39 is 6.61 Å². The fourth-order valence-electron chi connectivity index (χ4n) is 5.14. The molecule has 2 aliphatic rings. The average Bonchev–Trinajstić information content (AvgIpc) is 3.17. The first-order valence-electron chi connectivity index (χ1n) is 11.9. The number of H-pyrrole nitrogens is 1. The number of nitrogens with zero attached hydrogens (tertiary/aromatic N) is 5. The number of benzene rings is 1. The van der Waals surface area contributed by atoms with E-state index in [-0.39, 0.29) is 23.1 Å². The summed E-state index contributed by atoms with van der Waals surface area (Å²) >= 11 is 0. The van der Waals surface area contributed by atoms with Gasteiger partial charge in [0.2, 0.25) is 0 Å². The van der Waals surface area contributed by atoms with Gasteiger partial charge in [-0.1, -0.05) is 19.3 Å². The number of anilines is 1. The maximum Gasteiger partial charge on any atom is 0.387 e. The van der Waals surface area contributed by atoms with Crippen LogP contribution < -0.4 is 15.2 Å². The Labute approximate surface area is 196 Å². The normalized spacial score (nSPS) is 18.2. The summed E-state index contributed by atoms with van der Waals surface area (Å²) in [5, 5.41) is 5.12. The summed E-state index contributed by atoms with van der Waals surface area (Å²) in [6, 6.07) is 5.15. The average molecular weight is 473 g/mol. The van der Waals surface area contributed by atoms with E-state index in [1.54, 1.807) is 23.9 Å². The van der Waals surface area contributed by atoms with Crippen molar-refractivity contribution in [3.8, 4) is 17.1 Å². The molecule has 3 aromatic rings. The van der Waals surface area contributed by atoms with Gasteiger partial charge in [-0.05, 0) is 32.0 Å². The second-order valence-corrected chi connectivity index (χ2v) is 9.31. The van der Waals surface area contributed by atoms with Gasteiger partial charge < -0.3 is 19.5 Å². The molecule has 0 bridgehead atoms. The Morgan fingerprint density at radius 3 is 2.53 bits per heavy atom. The predicted molar refractivity (Wildman–Crippen MR) is 127 cm³/mol. The van der Waals surface area contributed by atoms with Gasteiger partial charge in [0.15, 0.2) is 5.65 Å². The number of hydrogen-bond acceptors (Lipinski definition) is 6. The zero-order valence-electron chi connectivity index (χ0n) is 19.6. The highest BCUT2D eigenvalue weighted by molar-refractivity contribution is 5.81. The van der Waals surface area contributed by atoms with Crippen molar-refractivity contribution >= 4 is 16.7 Å². The Balaban J connectivity index is 1.55. The topological polar surface area (TPSA) is 79.3 Å². The first-order chi connectivity index (χ1) is 16.4. The van der Waals surface area contributed by atoms with Crippen molar-refractivity contribution in [1.29, 1.82) is 0 Å². The Hall–Kier alpha value is -3.01. The molecule has 2 aromatic heterocycles. The van der Waals surface area contributed by atoms with E-state index in [1.807, 2.05) is 6.07 Å². The molecule has 1 aliphatic carbocycles. The van der Waals surface area contributed by atoms with E-state index in [9.17, 15) is 13.6 Å². The zero-order valence-corrected chi connectivity index (χ0v) is 19.6. The molecule has 3 heterocycles. The number of likely N-dealkylation sites (N-methyl/N-ethyl adjacent to an activating group) is 1. The van der Waals surface area contributed by atoms with Crippen LogP contribution in [0.3, 0.4) is 0 Å². The van der Waals surface area contributed by atoms with Gasteiger partial charge in [-0.25, -0.2) is 9.67 Å². The molecular formula is C24H30F2N6O2.